The van der Waals surface area contributed by atoms with Gasteiger partial charge in [-0.2, -0.15) is 0 Å². The van der Waals surface area contributed by atoms with Crippen LogP contribution in [0.3, 0.4) is 0 Å². The average molecular weight is 246 g/mol. The Labute approximate surface area is 107 Å². The SMILES string of the molecule is O=C(c1ccncc1)N1CC[C@H](OCC2CC2)C1. The van der Waals surface area contributed by atoms with E-state index >= 15 is 0 Å². The van der Waals surface area contributed by atoms with Crippen LogP contribution in [-0.2, 0) is 4.74 Å². The van der Waals surface area contributed by atoms with Gasteiger partial charge in [0.2, 0.25) is 0 Å². The smallest absolute Gasteiger partial charge is 0.254 e. The quantitative estimate of drug-likeness (QED) is 0.812. The number of carbonyl (C=O) groups excluding carboxylic acids is 1. The number of hydrogen-bond donors (Lipinski definition) is 0. The minimum Gasteiger partial charge on any atom is -0.376 e. The summed E-state index contributed by atoms with van der Waals surface area (Å²) in [4.78, 5) is 18.0. The highest BCUT2D eigenvalue weighted by atomic mass is 16.5. The fourth-order valence-corrected chi connectivity index (χ4v) is 2.28. The molecule has 1 aliphatic carbocycles. The van der Waals surface area contributed by atoms with Crippen molar-refractivity contribution in [2.75, 3.05) is 19.7 Å². The molecule has 0 aromatic carbocycles. The first kappa shape index (κ1) is 11.7. The van der Waals surface area contributed by atoms with Crippen molar-refractivity contribution >= 4 is 5.91 Å². The average Bonchev–Trinajstić information content (AvgIpc) is 3.14. The van der Waals surface area contributed by atoms with Gasteiger partial charge in [0.25, 0.3) is 5.91 Å². The first-order valence-electron chi connectivity index (χ1n) is 6.64. The predicted octanol–water partition coefficient (Wildman–Crippen LogP) is 1.72. The van der Waals surface area contributed by atoms with Crippen molar-refractivity contribution in [1.82, 2.24) is 9.88 Å². The molecule has 1 aliphatic heterocycles. The zero-order chi connectivity index (χ0) is 12.4. The Morgan fingerprint density at radius 1 is 1.33 bits per heavy atom. The van der Waals surface area contributed by atoms with Gasteiger partial charge in [0.1, 0.15) is 0 Å². The van der Waals surface area contributed by atoms with Crippen LogP contribution in [-0.4, -0.2) is 41.6 Å². The van der Waals surface area contributed by atoms with Gasteiger partial charge in [0, 0.05) is 37.7 Å². The molecule has 3 rings (SSSR count). The van der Waals surface area contributed by atoms with E-state index in [-0.39, 0.29) is 12.0 Å². The van der Waals surface area contributed by atoms with Crippen LogP contribution in [0.1, 0.15) is 29.6 Å². The topological polar surface area (TPSA) is 42.4 Å². The largest absolute Gasteiger partial charge is 0.376 e. The van der Waals surface area contributed by atoms with Crippen LogP contribution >= 0.6 is 0 Å². The molecule has 1 atom stereocenters. The summed E-state index contributed by atoms with van der Waals surface area (Å²) in [6.45, 7) is 2.41. The van der Waals surface area contributed by atoms with E-state index in [9.17, 15) is 4.79 Å². The number of hydrogen-bond acceptors (Lipinski definition) is 3. The second-order valence-corrected chi connectivity index (χ2v) is 5.17. The molecule has 18 heavy (non-hydrogen) atoms. The van der Waals surface area contributed by atoms with Gasteiger partial charge in [-0.05, 0) is 37.3 Å². The van der Waals surface area contributed by atoms with Crippen LogP contribution in [0.25, 0.3) is 0 Å². The Morgan fingerprint density at radius 3 is 2.83 bits per heavy atom. The number of carbonyl (C=O) groups is 1. The van der Waals surface area contributed by atoms with Crippen LogP contribution in [0.2, 0.25) is 0 Å². The number of ether oxygens (including phenoxy) is 1. The molecule has 96 valence electrons. The molecular weight excluding hydrogens is 228 g/mol. The molecule has 1 saturated heterocycles. The summed E-state index contributed by atoms with van der Waals surface area (Å²) in [6.07, 6.45) is 7.13. The van der Waals surface area contributed by atoms with E-state index in [2.05, 4.69) is 4.98 Å². The van der Waals surface area contributed by atoms with Gasteiger partial charge in [-0.3, -0.25) is 9.78 Å². The molecule has 1 aromatic rings. The number of pyridine rings is 1. The number of likely N-dealkylation sites (tertiary alicyclic amines) is 1. The van der Waals surface area contributed by atoms with Crippen molar-refractivity contribution in [3.8, 4) is 0 Å². The van der Waals surface area contributed by atoms with Crippen LogP contribution in [0.15, 0.2) is 24.5 Å². The van der Waals surface area contributed by atoms with Crippen molar-refractivity contribution < 1.29 is 9.53 Å². The van der Waals surface area contributed by atoms with Crippen LogP contribution in [0.5, 0.6) is 0 Å². The zero-order valence-electron chi connectivity index (χ0n) is 10.4. The van der Waals surface area contributed by atoms with Crippen LogP contribution in [0, 0.1) is 5.92 Å². The summed E-state index contributed by atoms with van der Waals surface area (Å²) >= 11 is 0. The Morgan fingerprint density at radius 2 is 2.11 bits per heavy atom. The summed E-state index contributed by atoms with van der Waals surface area (Å²) in [5.74, 6) is 0.880. The molecule has 2 aliphatic rings. The summed E-state index contributed by atoms with van der Waals surface area (Å²) in [5, 5.41) is 0. The lowest BCUT2D eigenvalue weighted by Crippen LogP contribution is -2.30. The van der Waals surface area contributed by atoms with Crippen molar-refractivity contribution in [2.45, 2.75) is 25.4 Å². The standard InChI is InChI=1S/C14H18N2O2/c17-14(12-3-6-15-7-4-12)16-8-5-13(9-16)18-10-11-1-2-11/h3-4,6-7,11,13H,1-2,5,8-10H2/t13-/m0/s1. The van der Waals surface area contributed by atoms with Gasteiger partial charge >= 0.3 is 0 Å². The van der Waals surface area contributed by atoms with Gasteiger partial charge in [-0.25, -0.2) is 0 Å². The van der Waals surface area contributed by atoms with Gasteiger partial charge < -0.3 is 9.64 Å². The van der Waals surface area contributed by atoms with Gasteiger partial charge in [-0.15, -0.1) is 0 Å². The highest BCUT2D eigenvalue weighted by Crippen LogP contribution is 2.30. The molecule has 4 heteroatoms. The lowest BCUT2D eigenvalue weighted by Gasteiger charge is -2.16. The predicted molar refractivity (Wildman–Crippen MR) is 67.2 cm³/mol. The van der Waals surface area contributed by atoms with Crippen LogP contribution in [0.4, 0.5) is 0 Å². The third-order valence-corrected chi connectivity index (χ3v) is 3.62. The molecule has 1 saturated carbocycles. The van der Waals surface area contributed by atoms with E-state index in [0.29, 0.717) is 5.56 Å². The van der Waals surface area contributed by atoms with E-state index in [1.807, 2.05) is 4.90 Å². The molecular formula is C14H18N2O2. The minimum atomic E-state index is 0.0925. The second kappa shape index (κ2) is 5.06. The van der Waals surface area contributed by atoms with Crippen molar-refractivity contribution in [1.29, 1.82) is 0 Å². The highest BCUT2D eigenvalue weighted by molar-refractivity contribution is 5.94. The molecule has 4 nitrogen and oxygen atoms in total. The highest BCUT2D eigenvalue weighted by Gasteiger charge is 2.29. The number of rotatable bonds is 4. The van der Waals surface area contributed by atoms with E-state index < -0.39 is 0 Å². The Hall–Kier alpha value is -1.42. The molecule has 2 heterocycles. The number of nitrogens with zero attached hydrogens (tertiary/aromatic N) is 2. The molecule has 0 N–H and O–H groups in total. The fourth-order valence-electron chi connectivity index (χ4n) is 2.28. The lowest BCUT2D eigenvalue weighted by molar-refractivity contribution is 0.0480. The van der Waals surface area contributed by atoms with E-state index in [1.165, 1.54) is 12.8 Å². The maximum Gasteiger partial charge on any atom is 0.254 e. The second-order valence-electron chi connectivity index (χ2n) is 5.17. The van der Waals surface area contributed by atoms with Crippen molar-refractivity contribution in [3.05, 3.63) is 30.1 Å². The molecule has 0 bridgehead atoms. The number of amides is 1. The van der Waals surface area contributed by atoms with Gasteiger partial charge in [0.05, 0.1) is 6.10 Å². The maximum atomic E-state index is 12.2. The Kier molecular flexibility index (Phi) is 3.28. The molecule has 2 fully saturated rings. The molecule has 0 unspecified atom stereocenters. The number of aromatic nitrogens is 1. The molecule has 0 radical (unpaired) electrons. The monoisotopic (exact) mass is 246 g/mol. The molecule has 0 spiro atoms. The first-order valence-corrected chi connectivity index (χ1v) is 6.64. The summed E-state index contributed by atoms with van der Waals surface area (Å²) in [7, 11) is 0. The Bertz CT molecular complexity index is 417. The van der Waals surface area contributed by atoms with Crippen LogP contribution < -0.4 is 0 Å². The Balaban J connectivity index is 1.53. The van der Waals surface area contributed by atoms with Gasteiger partial charge in [0.15, 0.2) is 0 Å². The maximum absolute atomic E-state index is 12.2. The van der Waals surface area contributed by atoms with E-state index in [4.69, 9.17) is 4.74 Å². The lowest BCUT2D eigenvalue weighted by atomic mass is 10.2. The van der Waals surface area contributed by atoms with Gasteiger partial charge in [-0.1, -0.05) is 0 Å². The minimum absolute atomic E-state index is 0.0925. The molecule has 1 amide bonds. The third kappa shape index (κ3) is 2.70. The third-order valence-electron chi connectivity index (χ3n) is 3.62. The summed E-state index contributed by atoms with van der Waals surface area (Å²) in [6, 6.07) is 3.53. The van der Waals surface area contributed by atoms with E-state index in [1.54, 1.807) is 24.5 Å². The summed E-state index contributed by atoms with van der Waals surface area (Å²) in [5.41, 5.74) is 0.716. The zero-order valence-corrected chi connectivity index (χ0v) is 10.4. The fraction of sp³-hybridized carbons (Fsp3) is 0.571. The summed E-state index contributed by atoms with van der Waals surface area (Å²) < 4.78 is 5.84. The first-order chi connectivity index (χ1) is 8.83. The molecule has 1 aromatic heterocycles. The van der Waals surface area contributed by atoms with Crippen molar-refractivity contribution in [2.24, 2.45) is 5.92 Å². The van der Waals surface area contributed by atoms with E-state index in [0.717, 1.165) is 32.0 Å². The normalized spacial score (nSPS) is 23.3. The van der Waals surface area contributed by atoms with Crippen molar-refractivity contribution in [3.63, 3.8) is 0 Å².